The lowest BCUT2D eigenvalue weighted by atomic mass is 10.2. The summed E-state index contributed by atoms with van der Waals surface area (Å²) in [5.41, 5.74) is 0.151. The van der Waals surface area contributed by atoms with Crippen molar-refractivity contribution in [2.45, 2.75) is 13.8 Å². The number of hydrogen-bond donors (Lipinski definition) is 2. The van der Waals surface area contributed by atoms with Crippen molar-refractivity contribution in [1.82, 2.24) is 20.6 Å². The summed E-state index contributed by atoms with van der Waals surface area (Å²) in [5.74, 6) is -0.491. The van der Waals surface area contributed by atoms with Crippen LogP contribution in [0.25, 0.3) is 0 Å². The number of amides is 2. The zero-order valence-electron chi connectivity index (χ0n) is 10.2. The van der Waals surface area contributed by atoms with Gasteiger partial charge in [0.15, 0.2) is 0 Å². The molecule has 0 bridgehead atoms. The third-order valence-corrected chi connectivity index (χ3v) is 2.25. The van der Waals surface area contributed by atoms with Crippen molar-refractivity contribution in [3.05, 3.63) is 23.2 Å². The Morgan fingerprint density at radius 1 is 1.28 bits per heavy atom. The first-order chi connectivity index (χ1) is 8.50. The van der Waals surface area contributed by atoms with Crippen molar-refractivity contribution in [1.29, 1.82) is 0 Å². The molecule has 1 rings (SSSR count). The fraction of sp³-hybridized carbons (Fsp3) is 0.455. The van der Waals surface area contributed by atoms with E-state index in [0.29, 0.717) is 13.1 Å². The van der Waals surface area contributed by atoms with Crippen LogP contribution in [-0.4, -0.2) is 34.9 Å². The highest BCUT2D eigenvalue weighted by molar-refractivity contribution is 6.29. The molecule has 6 nitrogen and oxygen atoms in total. The molecule has 1 aromatic rings. The normalized spacial score (nSPS) is 10.2. The number of aromatic nitrogens is 2. The standard InChI is InChI=1S/C11H15ClN4O2/c1-7(2)10(17)14-3-4-15-11(18)8-5-13-6-9(12)16-8/h5-7H,3-4H2,1-2H3,(H,14,17)(H,15,18). The minimum atomic E-state index is -0.371. The lowest BCUT2D eigenvalue weighted by molar-refractivity contribution is -0.123. The van der Waals surface area contributed by atoms with Gasteiger partial charge in [-0.25, -0.2) is 4.98 Å². The van der Waals surface area contributed by atoms with Crippen LogP contribution in [0.4, 0.5) is 0 Å². The highest BCUT2D eigenvalue weighted by Crippen LogP contribution is 2.01. The van der Waals surface area contributed by atoms with E-state index in [-0.39, 0.29) is 28.6 Å². The summed E-state index contributed by atoms with van der Waals surface area (Å²) in [4.78, 5) is 30.4. The van der Waals surface area contributed by atoms with Crippen LogP contribution in [0.15, 0.2) is 12.4 Å². The van der Waals surface area contributed by atoms with Gasteiger partial charge in [-0.05, 0) is 0 Å². The maximum Gasteiger partial charge on any atom is 0.271 e. The molecule has 0 aliphatic heterocycles. The fourth-order valence-corrected chi connectivity index (χ4v) is 1.26. The van der Waals surface area contributed by atoms with E-state index >= 15 is 0 Å². The lowest BCUT2D eigenvalue weighted by Gasteiger charge is -2.08. The summed E-state index contributed by atoms with van der Waals surface area (Å²) in [7, 11) is 0. The van der Waals surface area contributed by atoms with Crippen LogP contribution in [0.1, 0.15) is 24.3 Å². The topological polar surface area (TPSA) is 84.0 Å². The SMILES string of the molecule is CC(C)C(=O)NCCNC(=O)c1cncc(Cl)n1. The molecule has 2 N–H and O–H groups in total. The average Bonchev–Trinajstić information content (AvgIpc) is 2.33. The summed E-state index contributed by atoms with van der Waals surface area (Å²) in [6, 6.07) is 0. The van der Waals surface area contributed by atoms with Crippen molar-refractivity contribution in [3.63, 3.8) is 0 Å². The Kier molecular flexibility index (Phi) is 5.51. The molecule has 0 aromatic carbocycles. The Morgan fingerprint density at radius 3 is 2.56 bits per heavy atom. The van der Waals surface area contributed by atoms with E-state index in [4.69, 9.17) is 11.6 Å². The van der Waals surface area contributed by atoms with Gasteiger partial charge in [-0.2, -0.15) is 0 Å². The van der Waals surface area contributed by atoms with Gasteiger partial charge in [0.2, 0.25) is 5.91 Å². The average molecular weight is 271 g/mol. The quantitative estimate of drug-likeness (QED) is 0.769. The van der Waals surface area contributed by atoms with E-state index < -0.39 is 0 Å². The zero-order chi connectivity index (χ0) is 13.5. The first kappa shape index (κ1) is 14.4. The highest BCUT2D eigenvalue weighted by Gasteiger charge is 2.08. The molecule has 0 aliphatic rings. The molecule has 0 radical (unpaired) electrons. The van der Waals surface area contributed by atoms with Crippen LogP contribution in [0, 0.1) is 5.92 Å². The van der Waals surface area contributed by atoms with Gasteiger partial charge in [-0.15, -0.1) is 0 Å². The molecule has 0 aliphatic carbocycles. The van der Waals surface area contributed by atoms with E-state index in [1.807, 2.05) is 0 Å². The number of nitrogens with one attached hydrogen (secondary N) is 2. The molecule has 7 heteroatoms. The van der Waals surface area contributed by atoms with Gasteiger partial charge in [-0.3, -0.25) is 14.6 Å². The van der Waals surface area contributed by atoms with Crippen molar-refractivity contribution >= 4 is 23.4 Å². The first-order valence-electron chi connectivity index (χ1n) is 5.54. The number of hydrogen-bond acceptors (Lipinski definition) is 4. The highest BCUT2D eigenvalue weighted by atomic mass is 35.5. The van der Waals surface area contributed by atoms with Gasteiger partial charge < -0.3 is 10.6 Å². The van der Waals surface area contributed by atoms with Crippen LogP contribution in [0.5, 0.6) is 0 Å². The van der Waals surface area contributed by atoms with Crippen LogP contribution < -0.4 is 10.6 Å². The van der Waals surface area contributed by atoms with Crippen LogP contribution in [0.3, 0.4) is 0 Å². The van der Waals surface area contributed by atoms with Gasteiger partial charge in [-0.1, -0.05) is 25.4 Å². The second-order valence-electron chi connectivity index (χ2n) is 3.93. The third-order valence-electron chi connectivity index (χ3n) is 2.07. The Balaban J connectivity index is 2.32. The van der Waals surface area contributed by atoms with Crippen molar-refractivity contribution in [3.8, 4) is 0 Å². The number of nitrogens with zero attached hydrogens (tertiary/aromatic N) is 2. The molecule has 0 unspecified atom stereocenters. The molecule has 0 atom stereocenters. The smallest absolute Gasteiger partial charge is 0.271 e. The summed E-state index contributed by atoms with van der Waals surface area (Å²) in [6.07, 6.45) is 2.68. The molecule has 98 valence electrons. The van der Waals surface area contributed by atoms with E-state index in [9.17, 15) is 9.59 Å². The van der Waals surface area contributed by atoms with Gasteiger partial charge in [0, 0.05) is 19.0 Å². The fourth-order valence-electron chi connectivity index (χ4n) is 1.11. The molecular weight excluding hydrogens is 256 g/mol. The minimum absolute atomic E-state index is 0.0493. The molecule has 0 spiro atoms. The van der Waals surface area contributed by atoms with E-state index in [0.717, 1.165) is 0 Å². The van der Waals surface area contributed by atoms with Gasteiger partial charge in [0.25, 0.3) is 5.91 Å². The maximum absolute atomic E-state index is 11.6. The predicted molar refractivity (Wildman–Crippen MR) is 67.2 cm³/mol. The number of halogens is 1. The number of rotatable bonds is 5. The molecule has 0 saturated heterocycles. The molecule has 0 fully saturated rings. The van der Waals surface area contributed by atoms with Crippen molar-refractivity contribution in [2.24, 2.45) is 5.92 Å². The van der Waals surface area contributed by atoms with E-state index in [2.05, 4.69) is 20.6 Å². The van der Waals surface area contributed by atoms with Crippen LogP contribution in [0.2, 0.25) is 5.15 Å². The summed E-state index contributed by atoms with van der Waals surface area (Å²) >= 11 is 5.62. The number of carbonyl (C=O) groups is 2. The van der Waals surface area contributed by atoms with Crippen LogP contribution in [-0.2, 0) is 4.79 Å². The summed E-state index contributed by atoms with van der Waals surface area (Å²) in [6.45, 7) is 4.30. The van der Waals surface area contributed by atoms with E-state index in [1.165, 1.54) is 12.4 Å². The third kappa shape index (κ3) is 4.67. The van der Waals surface area contributed by atoms with Crippen molar-refractivity contribution < 1.29 is 9.59 Å². The summed E-state index contributed by atoms with van der Waals surface area (Å²) < 4.78 is 0. The van der Waals surface area contributed by atoms with Crippen molar-refractivity contribution in [2.75, 3.05) is 13.1 Å². The van der Waals surface area contributed by atoms with Crippen LogP contribution >= 0.6 is 11.6 Å². The molecule has 1 aromatic heterocycles. The molecule has 2 amide bonds. The Hall–Kier alpha value is -1.69. The molecular formula is C11H15ClN4O2. The van der Waals surface area contributed by atoms with Gasteiger partial charge in [0.05, 0.1) is 12.4 Å². The Labute approximate surface area is 110 Å². The monoisotopic (exact) mass is 270 g/mol. The second kappa shape index (κ2) is 6.90. The zero-order valence-corrected chi connectivity index (χ0v) is 11.0. The Bertz CT molecular complexity index is 437. The predicted octanol–water partition coefficient (Wildman–Crippen LogP) is 0.632. The molecule has 0 saturated carbocycles. The van der Waals surface area contributed by atoms with Gasteiger partial charge in [0.1, 0.15) is 10.8 Å². The molecule has 18 heavy (non-hydrogen) atoms. The largest absolute Gasteiger partial charge is 0.354 e. The Morgan fingerprint density at radius 2 is 1.94 bits per heavy atom. The van der Waals surface area contributed by atoms with E-state index in [1.54, 1.807) is 13.8 Å². The number of carbonyl (C=O) groups excluding carboxylic acids is 2. The maximum atomic E-state index is 11.6. The molecule has 1 heterocycles. The minimum Gasteiger partial charge on any atom is -0.354 e. The second-order valence-corrected chi connectivity index (χ2v) is 4.32. The van der Waals surface area contributed by atoms with Gasteiger partial charge >= 0.3 is 0 Å². The summed E-state index contributed by atoms with van der Waals surface area (Å²) in [5, 5.41) is 5.45. The first-order valence-corrected chi connectivity index (χ1v) is 5.92. The lowest BCUT2D eigenvalue weighted by Crippen LogP contribution is -2.36.